The highest BCUT2D eigenvalue weighted by molar-refractivity contribution is 7.14. The molecule has 0 spiro atoms. The van der Waals surface area contributed by atoms with Crippen LogP contribution in [0.5, 0.6) is 0 Å². The Morgan fingerprint density at radius 3 is 2.58 bits per heavy atom. The van der Waals surface area contributed by atoms with E-state index in [1.54, 1.807) is 5.38 Å². The van der Waals surface area contributed by atoms with Crippen LogP contribution in [-0.4, -0.2) is 35.4 Å². The molecule has 1 heterocycles. The van der Waals surface area contributed by atoms with Crippen LogP contribution >= 0.6 is 11.3 Å². The summed E-state index contributed by atoms with van der Waals surface area (Å²) in [5, 5.41) is 6.84. The first kappa shape index (κ1) is 22.0. The predicted octanol–water partition coefficient (Wildman–Crippen LogP) is 3.39. The molecule has 0 radical (unpaired) electrons. The molecule has 0 bridgehead atoms. The van der Waals surface area contributed by atoms with Crippen LogP contribution in [0.15, 0.2) is 53.9 Å². The third-order valence-electron chi connectivity index (χ3n) is 4.05. The second-order valence-electron chi connectivity index (χ2n) is 6.33. The Morgan fingerprint density at radius 1 is 1.13 bits per heavy atom. The van der Waals surface area contributed by atoms with E-state index < -0.39 is 47.6 Å². The van der Waals surface area contributed by atoms with E-state index in [1.165, 1.54) is 18.3 Å². The van der Waals surface area contributed by atoms with Crippen molar-refractivity contribution in [3.05, 3.63) is 71.1 Å². The van der Waals surface area contributed by atoms with Gasteiger partial charge in [0, 0.05) is 17.0 Å². The van der Waals surface area contributed by atoms with Crippen molar-refractivity contribution in [2.75, 3.05) is 11.9 Å². The van der Waals surface area contributed by atoms with Gasteiger partial charge in [0.25, 0.3) is 11.8 Å². The highest BCUT2D eigenvalue weighted by atomic mass is 32.1. The number of carbonyl (C=O) groups is 3. The van der Waals surface area contributed by atoms with E-state index in [0.717, 1.165) is 17.7 Å². The molecule has 160 valence electrons. The standard InChI is InChI=1S/C21H17F2N3O4S/c1-12(19(28)26-21-25-17(11-31-21)13-5-3-2-4-6-13)30-18(27)10-24-20(29)15-8-7-14(22)9-16(15)23/h2-9,11-12H,10H2,1H3,(H,24,29)(H,25,26,28). The average molecular weight is 445 g/mol. The third-order valence-corrected chi connectivity index (χ3v) is 4.81. The van der Waals surface area contributed by atoms with Crippen molar-refractivity contribution in [2.24, 2.45) is 0 Å². The number of rotatable bonds is 7. The van der Waals surface area contributed by atoms with E-state index >= 15 is 0 Å². The van der Waals surface area contributed by atoms with Gasteiger partial charge in [-0.15, -0.1) is 11.3 Å². The molecule has 0 aliphatic rings. The molecule has 2 N–H and O–H groups in total. The molecule has 3 aromatic rings. The second kappa shape index (κ2) is 9.90. The van der Waals surface area contributed by atoms with E-state index in [4.69, 9.17) is 4.74 Å². The number of hydrogen-bond acceptors (Lipinski definition) is 6. The zero-order valence-electron chi connectivity index (χ0n) is 16.2. The number of hydrogen-bond donors (Lipinski definition) is 2. The lowest BCUT2D eigenvalue weighted by Gasteiger charge is -2.13. The largest absolute Gasteiger partial charge is 0.451 e. The normalized spacial score (nSPS) is 11.5. The number of aromatic nitrogens is 1. The summed E-state index contributed by atoms with van der Waals surface area (Å²) in [7, 11) is 0. The summed E-state index contributed by atoms with van der Waals surface area (Å²) in [6.45, 7) is 0.767. The lowest BCUT2D eigenvalue weighted by Crippen LogP contribution is -2.36. The Morgan fingerprint density at radius 2 is 1.87 bits per heavy atom. The molecule has 10 heteroatoms. The number of nitrogens with zero attached hydrogens (tertiary/aromatic N) is 1. The minimum absolute atomic E-state index is 0.340. The second-order valence-corrected chi connectivity index (χ2v) is 7.19. The van der Waals surface area contributed by atoms with Crippen LogP contribution in [0.3, 0.4) is 0 Å². The topological polar surface area (TPSA) is 97.4 Å². The van der Waals surface area contributed by atoms with Gasteiger partial charge in [-0.05, 0) is 19.1 Å². The van der Waals surface area contributed by atoms with Crippen molar-refractivity contribution >= 4 is 34.3 Å². The maximum Gasteiger partial charge on any atom is 0.326 e. The van der Waals surface area contributed by atoms with Gasteiger partial charge in [0.2, 0.25) is 0 Å². The van der Waals surface area contributed by atoms with Crippen molar-refractivity contribution in [1.29, 1.82) is 0 Å². The van der Waals surface area contributed by atoms with Crippen molar-refractivity contribution in [3.63, 3.8) is 0 Å². The maximum atomic E-state index is 13.6. The number of carbonyl (C=O) groups excluding carboxylic acids is 3. The Bertz CT molecular complexity index is 1110. The van der Waals surface area contributed by atoms with E-state index in [1.807, 2.05) is 30.3 Å². The van der Waals surface area contributed by atoms with E-state index in [2.05, 4.69) is 15.6 Å². The fourth-order valence-electron chi connectivity index (χ4n) is 2.49. The molecule has 1 unspecified atom stereocenters. The monoisotopic (exact) mass is 445 g/mol. The van der Waals surface area contributed by atoms with Crippen LogP contribution in [0.2, 0.25) is 0 Å². The fraction of sp³-hybridized carbons (Fsp3) is 0.143. The van der Waals surface area contributed by atoms with Crippen molar-refractivity contribution in [1.82, 2.24) is 10.3 Å². The molecule has 0 saturated heterocycles. The first-order valence-electron chi connectivity index (χ1n) is 9.08. The van der Waals surface area contributed by atoms with Crippen LogP contribution in [0.25, 0.3) is 11.3 Å². The van der Waals surface area contributed by atoms with Gasteiger partial charge in [0.05, 0.1) is 11.3 Å². The summed E-state index contributed by atoms with van der Waals surface area (Å²) < 4.78 is 31.5. The molecule has 31 heavy (non-hydrogen) atoms. The zero-order valence-corrected chi connectivity index (χ0v) is 17.0. The number of halogens is 2. The van der Waals surface area contributed by atoms with Crippen LogP contribution in [0.1, 0.15) is 17.3 Å². The van der Waals surface area contributed by atoms with Crippen LogP contribution in [-0.2, 0) is 14.3 Å². The number of ether oxygens (including phenoxy) is 1. The quantitative estimate of drug-likeness (QED) is 0.544. The fourth-order valence-corrected chi connectivity index (χ4v) is 3.22. The zero-order chi connectivity index (χ0) is 22.4. The molecule has 0 aliphatic carbocycles. The highest BCUT2D eigenvalue weighted by Gasteiger charge is 2.20. The van der Waals surface area contributed by atoms with E-state index in [0.29, 0.717) is 16.9 Å². The van der Waals surface area contributed by atoms with Gasteiger partial charge in [-0.1, -0.05) is 30.3 Å². The van der Waals surface area contributed by atoms with Gasteiger partial charge >= 0.3 is 5.97 Å². The minimum atomic E-state index is -1.16. The Hall–Kier alpha value is -3.66. The molecule has 0 fully saturated rings. The molecule has 7 nitrogen and oxygen atoms in total. The minimum Gasteiger partial charge on any atom is -0.451 e. The molecule has 2 aromatic carbocycles. The van der Waals surface area contributed by atoms with E-state index in [9.17, 15) is 23.2 Å². The number of thiazole rings is 1. The predicted molar refractivity (Wildman–Crippen MR) is 110 cm³/mol. The van der Waals surface area contributed by atoms with Gasteiger partial charge in [0.1, 0.15) is 18.2 Å². The molecule has 1 aromatic heterocycles. The number of amides is 2. The highest BCUT2D eigenvalue weighted by Crippen LogP contribution is 2.24. The molecule has 3 rings (SSSR count). The number of benzene rings is 2. The summed E-state index contributed by atoms with van der Waals surface area (Å²) >= 11 is 1.22. The van der Waals surface area contributed by atoms with Gasteiger partial charge in [0.15, 0.2) is 11.2 Å². The van der Waals surface area contributed by atoms with Crippen LogP contribution in [0, 0.1) is 11.6 Å². The molecule has 2 amide bonds. The Balaban J connectivity index is 1.48. The first-order valence-corrected chi connectivity index (χ1v) is 9.96. The average Bonchev–Trinajstić information content (AvgIpc) is 3.21. The number of anilines is 1. The molecule has 0 saturated carbocycles. The lowest BCUT2D eigenvalue weighted by molar-refractivity contribution is -0.152. The maximum absolute atomic E-state index is 13.6. The number of nitrogens with one attached hydrogen (secondary N) is 2. The third kappa shape index (κ3) is 5.92. The molecule has 0 aliphatic heterocycles. The summed E-state index contributed by atoms with van der Waals surface area (Å²) in [6, 6.07) is 11.8. The summed E-state index contributed by atoms with van der Waals surface area (Å²) in [5.41, 5.74) is 1.17. The smallest absolute Gasteiger partial charge is 0.326 e. The van der Waals surface area contributed by atoms with Crippen LogP contribution in [0.4, 0.5) is 13.9 Å². The molecular weight excluding hydrogens is 428 g/mol. The van der Waals surface area contributed by atoms with Gasteiger partial charge in [-0.2, -0.15) is 0 Å². The molecule has 1 atom stereocenters. The summed E-state index contributed by atoms with van der Waals surface area (Å²) in [5.74, 6) is -4.30. The van der Waals surface area contributed by atoms with Gasteiger partial charge in [-0.3, -0.25) is 19.7 Å². The Kier molecular flexibility index (Phi) is 7.03. The van der Waals surface area contributed by atoms with Gasteiger partial charge < -0.3 is 10.1 Å². The van der Waals surface area contributed by atoms with Crippen molar-refractivity contribution < 1.29 is 27.9 Å². The first-order chi connectivity index (χ1) is 14.8. The Labute approximate surface area is 180 Å². The number of esters is 1. The van der Waals surface area contributed by atoms with Crippen molar-refractivity contribution in [2.45, 2.75) is 13.0 Å². The SMILES string of the molecule is CC(OC(=O)CNC(=O)c1ccc(F)cc1F)C(=O)Nc1nc(-c2ccccc2)cs1. The molecular formula is C21H17F2N3O4S. The van der Waals surface area contributed by atoms with E-state index in [-0.39, 0.29) is 0 Å². The van der Waals surface area contributed by atoms with Gasteiger partial charge in [-0.25, -0.2) is 13.8 Å². The summed E-state index contributed by atoms with van der Waals surface area (Å²) in [6.07, 6.45) is -1.16. The lowest BCUT2D eigenvalue weighted by atomic mass is 10.2. The van der Waals surface area contributed by atoms with Crippen molar-refractivity contribution in [3.8, 4) is 11.3 Å². The summed E-state index contributed by atoms with van der Waals surface area (Å²) in [4.78, 5) is 40.3. The van der Waals surface area contributed by atoms with Crippen LogP contribution < -0.4 is 10.6 Å².